The van der Waals surface area contributed by atoms with Crippen LogP contribution >= 0.6 is 8.58 Å². The number of carbonyl (C=O) groups excluding carboxylic acids is 1. The van der Waals surface area contributed by atoms with E-state index in [2.05, 4.69) is 37.8 Å². The molecular formula is C18H23O3PSi. The number of benzene rings is 2. The van der Waals surface area contributed by atoms with Gasteiger partial charge in [-0.3, -0.25) is 4.79 Å². The standard InChI is InChI=1S/C18H23O3PSi/c1-20-13-21-18-16(10-7-11-17(18)23(2,3)4)22-15-9-6-5-8-14(15)12-19/h5-12,22H,13H2,1-4H3. The van der Waals surface area contributed by atoms with Crippen molar-refractivity contribution in [3.63, 3.8) is 0 Å². The van der Waals surface area contributed by atoms with E-state index in [0.29, 0.717) is 8.58 Å². The molecule has 0 aromatic heterocycles. The maximum absolute atomic E-state index is 11.3. The summed E-state index contributed by atoms with van der Waals surface area (Å²) in [5, 5.41) is 3.44. The van der Waals surface area contributed by atoms with E-state index in [1.54, 1.807) is 7.11 Å². The summed E-state index contributed by atoms with van der Waals surface area (Å²) in [6, 6.07) is 14.0. The van der Waals surface area contributed by atoms with Gasteiger partial charge in [0.15, 0.2) is 13.1 Å². The van der Waals surface area contributed by atoms with E-state index in [-0.39, 0.29) is 6.79 Å². The van der Waals surface area contributed by atoms with Gasteiger partial charge >= 0.3 is 0 Å². The van der Waals surface area contributed by atoms with Crippen molar-refractivity contribution in [2.45, 2.75) is 19.6 Å². The van der Waals surface area contributed by atoms with Crippen LogP contribution in [-0.4, -0.2) is 28.3 Å². The number of hydrogen-bond acceptors (Lipinski definition) is 3. The summed E-state index contributed by atoms with van der Waals surface area (Å²) in [6.45, 7) is 7.13. The Hall–Kier alpha value is -1.48. The number of aldehydes is 1. The second kappa shape index (κ2) is 7.87. The van der Waals surface area contributed by atoms with Crippen LogP contribution in [0.5, 0.6) is 5.75 Å². The van der Waals surface area contributed by atoms with Crippen molar-refractivity contribution < 1.29 is 14.3 Å². The van der Waals surface area contributed by atoms with Crippen molar-refractivity contribution in [2.75, 3.05) is 13.9 Å². The Labute approximate surface area is 140 Å². The van der Waals surface area contributed by atoms with Gasteiger partial charge < -0.3 is 9.47 Å². The topological polar surface area (TPSA) is 35.5 Å². The zero-order chi connectivity index (χ0) is 16.9. The number of ether oxygens (including phenoxy) is 2. The molecule has 122 valence electrons. The van der Waals surface area contributed by atoms with Gasteiger partial charge in [0.1, 0.15) is 5.75 Å². The molecule has 0 fully saturated rings. The molecule has 0 saturated heterocycles. The van der Waals surface area contributed by atoms with E-state index in [0.717, 1.165) is 28.2 Å². The van der Waals surface area contributed by atoms with E-state index in [1.807, 2.05) is 24.3 Å². The fourth-order valence-electron chi connectivity index (χ4n) is 2.36. The Balaban J connectivity index is 2.46. The Morgan fingerprint density at radius 3 is 2.39 bits per heavy atom. The van der Waals surface area contributed by atoms with E-state index in [9.17, 15) is 4.79 Å². The van der Waals surface area contributed by atoms with Crippen LogP contribution in [0.15, 0.2) is 42.5 Å². The lowest BCUT2D eigenvalue weighted by Gasteiger charge is -2.23. The summed E-state index contributed by atoms with van der Waals surface area (Å²) in [6.07, 6.45) is 0.917. The monoisotopic (exact) mass is 346 g/mol. The highest BCUT2D eigenvalue weighted by atomic mass is 31.1. The number of para-hydroxylation sites is 1. The first-order chi connectivity index (χ1) is 11.0. The van der Waals surface area contributed by atoms with Gasteiger partial charge in [-0.15, -0.1) is 0 Å². The molecule has 0 radical (unpaired) electrons. The van der Waals surface area contributed by atoms with Crippen molar-refractivity contribution in [1.82, 2.24) is 0 Å². The average Bonchev–Trinajstić information content (AvgIpc) is 2.53. The summed E-state index contributed by atoms with van der Waals surface area (Å²) >= 11 is 0. The summed E-state index contributed by atoms with van der Waals surface area (Å²) < 4.78 is 11.0. The van der Waals surface area contributed by atoms with Gasteiger partial charge in [-0.25, -0.2) is 0 Å². The molecular weight excluding hydrogens is 323 g/mol. The Morgan fingerprint density at radius 2 is 1.74 bits per heavy atom. The number of rotatable bonds is 7. The van der Waals surface area contributed by atoms with E-state index in [1.165, 1.54) is 5.19 Å². The van der Waals surface area contributed by atoms with Crippen LogP contribution in [0.2, 0.25) is 19.6 Å². The van der Waals surface area contributed by atoms with Gasteiger partial charge in [0, 0.05) is 18.0 Å². The normalized spacial score (nSPS) is 11.8. The van der Waals surface area contributed by atoms with Gasteiger partial charge in [0.2, 0.25) is 0 Å². The minimum absolute atomic E-state index is 0.230. The van der Waals surface area contributed by atoms with Crippen molar-refractivity contribution in [1.29, 1.82) is 0 Å². The molecule has 0 aliphatic rings. The summed E-state index contributed by atoms with van der Waals surface area (Å²) in [4.78, 5) is 11.3. The Kier molecular flexibility index (Phi) is 6.11. The first-order valence-corrected chi connectivity index (χ1v) is 12.0. The second-order valence-corrected chi connectivity index (χ2v) is 12.7. The molecule has 0 aliphatic carbocycles. The molecule has 0 heterocycles. The van der Waals surface area contributed by atoms with Crippen LogP contribution in [-0.2, 0) is 4.74 Å². The molecule has 1 unspecified atom stereocenters. The Morgan fingerprint density at radius 1 is 1.04 bits per heavy atom. The molecule has 2 aromatic rings. The SMILES string of the molecule is COCOc1c(Pc2ccccc2C=O)cccc1[Si](C)(C)C. The predicted molar refractivity (Wildman–Crippen MR) is 101 cm³/mol. The number of carbonyl (C=O) groups is 1. The third-order valence-electron chi connectivity index (χ3n) is 3.50. The molecule has 0 saturated carbocycles. The van der Waals surface area contributed by atoms with E-state index < -0.39 is 8.07 Å². The molecule has 5 heteroatoms. The van der Waals surface area contributed by atoms with Crippen molar-refractivity contribution in [3.05, 3.63) is 48.0 Å². The highest BCUT2D eigenvalue weighted by Crippen LogP contribution is 2.22. The predicted octanol–water partition coefficient (Wildman–Crippen LogP) is 2.66. The molecule has 0 aliphatic heterocycles. The third-order valence-corrected chi connectivity index (χ3v) is 6.90. The third kappa shape index (κ3) is 4.50. The zero-order valence-electron chi connectivity index (χ0n) is 14.1. The molecule has 0 spiro atoms. The van der Waals surface area contributed by atoms with Crippen LogP contribution < -0.4 is 20.5 Å². The summed E-state index contributed by atoms with van der Waals surface area (Å²) in [5.74, 6) is 0.924. The Bertz CT molecular complexity index is 680. The summed E-state index contributed by atoms with van der Waals surface area (Å²) in [5.41, 5.74) is 0.738. The van der Waals surface area contributed by atoms with Gasteiger partial charge in [-0.2, -0.15) is 0 Å². The van der Waals surface area contributed by atoms with Gasteiger partial charge in [0.05, 0.1) is 8.07 Å². The average molecular weight is 346 g/mol. The van der Waals surface area contributed by atoms with Crippen LogP contribution in [0.1, 0.15) is 10.4 Å². The van der Waals surface area contributed by atoms with Gasteiger partial charge in [-0.05, 0) is 10.5 Å². The minimum atomic E-state index is -1.54. The highest BCUT2D eigenvalue weighted by Gasteiger charge is 2.23. The quantitative estimate of drug-likeness (QED) is 0.335. The van der Waals surface area contributed by atoms with Crippen LogP contribution in [0.25, 0.3) is 0 Å². The maximum atomic E-state index is 11.3. The van der Waals surface area contributed by atoms with Crippen LogP contribution in [0.3, 0.4) is 0 Å². The maximum Gasteiger partial charge on any atom is 0.188 e. The molecule has 0 amide bonds. The lowest BCUT2D eigenvalue weighted by Crippen LogP contribution is -2.40. The first-order valence-electron chi connectivity index (χ1n) is 7.54. The lowest BCUT2D eigenvalue weighted by molar-refractivity contribution is 0.0526. The van der Waals surface area contributed by atoms with Crippen molar-refractivity contribution >= 4 is 38.7 Å². The van der Waals surface area contributed by atoms with Gasteiger partial charge in [-0.1, -0.05) is 70.7 Å². The second-order valence-electron chi connectivity index (χ2n) is 6.31. The van der Waals surface area contributed by atoms with Gasteiger partial charge in [0.25, 0.3) is 0 Å². The fourth-order valence-corrected chi connectivity index (χ4v) is 5.22. The molecule has 1 atom stereocenters. The first kappa shape index (κ1) is 17.9. The van der Waals surface area contributed by atoms with E-state index in [4.69, 9.17) is 9.47 Å². The zero-order valence-corrected chi connectivity index (χ0v) is 16.1. The van der Waals surface area contributed by atoms with E-state index >= 15 is 0 Å². The molecule has 2 aromatic carbocycles. The number of hydrogen-bond donors (Lipinski definition) is 0. The molecule has 23 heavy (non-hydrogen) atoms. The minimum Gasteiger partial charge on any atom is -0.467 e. The largest absolute Gasteiger partial charge is 0.467 e. The fraction of sp³-hybridized carbons (Fsp3) is 0.278. The smallest absolute Gasteiger partial charge is 0.188 e. The molecule has 0 bridgehead atoms. The van der Waals surface area contributed by atoms with Crippen LogP contribution in [0.4, 0.5) is 0 Å². The molecule has 3 nitrogen and oxygen atoms in total. The lowest BCUT2D eigenvalue weighted by atomic mass is 10.2. The summed E-state index contributed by atoms with van der Waals surface area (Å²) in [7, 11) is 0.460. The highest BCUT2D eigenvalue weighted by molar-refractivity contribution is 7.56. The van der Waals surface area contributed by atoms with Crippen molar-refractivity contribution in [3.8, 4) is 5.75 Å². The molecule has 2 rings (SSSR count). The molecule has 0 N–H and O–H groups in total. The van der Waals surface area contributed by atoms with Crippen LogP contribution in [0, 0.1) is 0 Å². The number of methoxy groups -OCH3 is 1. The van der Waals surface area contributed by atoms with Crippen molar-refractivity contribution in [2.24, 2.45) is 0 Å².